The second-order valence-electron chi connectivity index (χ2n) is 5.39. The minimum absolute atomic E-state index is 0.180. The first-order chi connectivity index (χ1) is 6.25. The van der Waals surface area contributed by atoms with E-state index < -0.39 is 0 Å². The van der Waals surface area contributed by atoms with Gasteiger partial charge in [0.25, 0.3) is 0 Å². The van der Waals surface area contributed by atoms with E-state index >= 15 is 0 Å². The van der Waals surface area contributed by atoms with Crippen molar-refractivity contribution in [2.45, 2.75) is 52.9 Å². The van der Waals surface area contributed by atoms with Crippen molar-refractivity contribution in [2.24, 2.45) is 7.05 Å². The molecular weight excluding hydrogens is 172 g/mol. The zero-order valence-corrected chi connectivity index (χ0v) is 10.5. The lowest BCUT2D eigenvalue weighted by molar-refractivity contribution is 0.519. The van der Waals surface area contributed by atoms with Crippen molar-refractivity contribution in [2.75, 3.05) is 0 Å². The van der Waals surface area contributed by atoms with E-state index in [9.17, 15) is 0 Å². The molecule has 0 aliphatic heterocycles. The summed E-state index contributed by atoms with van der Waals surface area (Å²) in [4.78, 5) is 0. The summed E-state index contributed by atoms with van der Waals surface area (Å²) in [5.74, 6) is 0.511. The van der Waals surface area contributed by atoms with Gasteiger partial charge in [-0.1, -0.05) is 34.6 Å². The average Bonchev–Trinajstić information content (AvgIpc) is 2.24. The van der Waals surface area contributed by atoms with Crippen LogP contribution >= 0.6 is 0 Å². The zero-order chi connectivity index (χ0) is 11.1. The molecule has 0 unspecified atom stereocenters. The highest BCUT2D eigenvalue weighted by Crippen LogP contribution is 2.29. The lowest BCUT2D eigenvalue weighted by Crippen LogP contribution is -2.17. The Kier molecular flexibility index (Phi) is 2.75. The highest BCUT2D eigenvalue weighted by molar-refractivity contribution is 5.31. The van der Waals surface area contributed by atoms with Crippen LogP contribution in [-0.4, -0.2) is 9.78 Å². The number of hydrogen-bond acceptors (Lipinski definition) is 1. The van der Waals surface area contributed by atoms with Crippen LogP contribution < -0.4 is 0 Å². The van der Waals surface area contributed by atoms with E-state index in [1.54, 1.807) is 0 Å². The summed E-state index contributed by atoms with van der Waals surface area (Å²) in [7, 11) is 2.04. The lowest BCUT2D eigenvalue weighted by atomic mass is 9.88. The van der Waals surface area contributed by atoms with E-state index in [1.165, 1.54) is 17.0 Å². The Morgan fingerprint density at radius 2 is 1.71 bits per heavy atom. The molecule has 1 aromatic rings. The smallest absolute Gasteiger partial charge is 0.0682 e. The first-order valence-electron chi connectivity index (χ1n) is 5.29. The first kappa shape index (κ1) is 11.3. The molecule has 0 bridgehead atoms. The normalized spacial score (nSPS) is 12.6. The summed E-state index contributed by atoms with van der Waals surface area (Å²) < 4.78 is 2.03. The van der Waals surface area contributed by atoms with E-state index in [0.29, 0.717) is 5.92 Å². The van der Waals surface area contributed by atoms with Crippen LogP contribution in [0.5, 0.6) is 0 Å². The fourth-order valence-corrected chi connectivity index (χ4v) is 2.25. The van der Waals surface area contributed by atoms with E-state index in [1.807, 2.05) is 11.7 Å². The molecule has 1 heterocycles. The molecule has 0 aliphatic rings. The molecule has 0 spiro atoms. The Balaban J connectivity index is 3.33. The minimum atomic E-state index is 0.180. The summed E-state index contributed by atoms with van der Waals surface area (Å²) in [6.07, 6.45) is 0. The Labute approximate surface area is 87.3 Å². The van der Waals surface area contributed by atoms with Crippen molar-refractivity contribution in [3.63, 3.8) is 0 Å². The first-order valence-corrected chi connectivity index (χ1v) is 5.29. The third kappa shape index (κ3) is 1.84. The van der Waals surface area contributed by atoms with Gasteiger partial charge in [-0.25, -0.2) is 0 Å². The van der Waals surface area contributed by atoms with Gasteiger partial charge >= 0.3 is 0 Å². The quantitative estimate of drug-likeness (QED) is 0.671. The van der Waals surface area contributed by atoms with E-state index in [0.717, 1.165) is 0 Å². The molecule has 0 fully saturated rings. The molecule has 1 rings (SSSR count). The topological polar surface area (TPSA) is 17.8 Å². The van der Waals surface area contributed by atoms with Crippen LogP contribution in [0.2, 0.25) is 0 Å². The molecule has 2 nitrogen and oxygen atoms in total. The Morgan fingerprint density at radius 1 is 1.21 bits per heavy atom. The van der Waals surface area contributed by atoms with Crippen molar-refractivity contribution in [1.29, 1.82) is 0 Å². The number of nitrogens with zero attached hydrogens (tertiary/aromatic N) is 2. The lowest BCUT2D eigenvalue weighted by Gasteiger charge is -2.20. The molecule has 0 saturated heterocycles. The number of aryl methyl sites for hydroxylation is 1. The van der Waals surface area contributed by atoms with Crippen molar-refractivity contribution in [3.8, 4) is 0 Å². The van der Waals surface area contributed by atoms with Crippen LogP contribution in [0.1, 0.15) is 57.5 Å². The van der Waals surface area contributed by atoms with Gasteiger partial charge in [0, 0.05) is 18.2 Å². The van der Waals surface area contributed by atoms with Gasteiger partial charge in [-0.3, -0.25) is 4.68 Å². The van der Waals surface area contributed by atoms with Crippen LogP contribution in [0.4, 0.5) is 0 Å². The van der Waals surface area contributed by atoms with Gasteiger partial charge in [0.05, 0.1) is 5.69 Å². The van der Waals surface area contributed by atoms with E-state index in [4.69, 9.17) is 0 Å². The van der Waals surface area contributed by atoms with E-state index in [-0.39, 0.29) is 5.41 Å². The Hall–Kier alpha value is -0.790. The Morgan fingerprint density at radius 3 is 1.93 bits per heavy atom. The Bertz CT molecular complexity index is 327. The maximum absolute atomic E-state index is 4.59. The molecule has 2 heteroatoms. The molecule has 80 valence electrons. The van der Waals surface area contributed by atoms with Crippen molar-refractivity contribution in [3.05, 3.63) is 17.0 Å². The number of hydrogen-bond donors (Lipinski definition) is 0. The van der Waals surface area contributed by atoms with Gasteiger partial charge in [-0.05, 0) is 18.4 Å². The fourth-order valence-electron chi connectivity index (χ4n) is 2.25. The van der Waals surface area contributed by atoms with Gasteiger partial charge < -0.3 is 0 Å². The third-order valence-corrected chi connectivity index (χ3v) is 2.58. The molecule has 1 aromatic heterocycles. The van der Waals surface area contributed by atoms with Gasteiger partial charge in [0.15, 0.2) is 0 Å². The van der Waals surface area contributed by atoms with Gasteiger partial charge in [0.1, 0.15) is 0 Å². The fraction of sp³-hybridized carbons (Fsp3) is 0.750. The van der Waals surface area contributed by atoms with Crippen LogP contribution in [0.3, 0.4) is 0 Å². The van der Waals surface area contributed by atoms with Crippen molar-refractivity contribution < 1.29 is 0 Å². The van der Waals surface area contributed by atoms with Crippen molar-refractivity contribution in [1.82, 2.24) is 9.78 Å². The zero-order valence-electron chi connectivity index (χ0n) is 10.5. The van der Waals surface area contributed by atoms with Crippen LogP contribution in [0.15, 0.2) is 0 Å². The predicted molar refractivity (Wildman–Crippen MR) is 60.7 cm³/mol. The van der Waals surface area contributed by atoms with Crippen LogP contribution in [0, 0.1) is 6.92 Å². The van der Waals surface area contributed by atoms with E-state index in [2.05, 4.69) is 46.6 Å². The monoisotopic (exact) mass is 194 g/mol. The SMILES string of the molecule is Cc1c(C(C)C)nn(C)c1C(C)(C)C. The summed E-state index contributed by atoms with van der Waals surface area (Å²) >= 11 is 0. The summed E-state index contributed by atoms with van der Waals surface area (Å²) in [6.45, 7) is 13.3. The number of rotatable bonds is 1. The van der Waals surface area contributed by atoms with Crippen LogP contribution in [0.25, 0.3) is 0 Å². The van der Waals surface area contributed by atoms with Gasteiger partial charge in [-0.15, -0.1) is 0 Å². The maximum atomic E-state index is 4.59. The molecular formula is C12H22N2. The molecule has 14 heavy (non-hydrogen) atoms. The van der Waals surface area contributed by atoms with Gasteiger partial charge in [0.2, 0.25) is 0 Å². The standard InChI is InChI=1S/C12H22N2/c1-8(2)10-9(3)11(12(4,5)6)14(7)13-10/h8H,1-7H3. The number of aromatic nitrogens is 2. The molecule has 0 aromatic carbocycles. The summed E-state index contributed by atoms with van der Waals surface area (Å²) in [5.41, 5.74) is 4.12. The third-order valence-electron chi connectivity index (χ3n) is 2.58. The molecule has 0 atom stereocenters. The summed E-state index contributed by atoms with van der Waals surface area (Å²) in [5, 5.41) is 4.59. The van der Waals surface area contributed by atoms with Crippen LogP contribution in [-0.2, 0) is 12.5 Å². The van der Waals surface area contributed by atoms with Gasteiger partial charge in [-0.2, -0.15) is 5.10 Å². The molecule has 0 aliphatic carbocycles. The highest BCUT2D eigenvalue weighted by Gasteiger charge is 2.24. The largest absolute Gasteiger partial charge is 0.272 e. The summed E-state index contributed by atoms with van der Waals surface area (Å²) in [6, 6.07) is 0. The molecule has 0 saturated carbocycles. The average molecular weight is 194 g/mol. The van der Waals surface area contributed by atoms with Crippen molar-refractivity contribution >= 4 is 0 Å². The molecule has 0 N–H and O–H groups in total. The second kappa shape index (κ2) is 3.41. The predicted octanol–water partition coefficient (Wildman–Crippen LogP) is 3.15. The molecule has 0 radical (unpaired) electrons. The maximum Gasteiger partial charge on any atom is 0.0682 e. The highest BCUT2D eigenvalue weighted by atomic mass is 15.3. The second-order valence-corrected chi connectivity index (χ2v) is 5.39. The minimum Gasteiger partial charge on any atom is -0.272 e. The molecule has 0 amide bonds.